The third kappa shape index (κ3) is 21.8. The molecule has 0 aliphatic carbocycles. The van der Waals surface area contributed by atoms with Crippen molar-refractivity contribution in [2.75, 3.05) is 35.5 Å². The number of methoxy groups -OCH3 is 5. The second kappa shape index (κ2) is 35.9. The molecule has 0 saturated carbocycles. The molecular formula is C57H48Na4O26S4. The van der Waals surface area contributed by atoms with Crippen LogP contribution in [0.4, 0.5) is 0 Å². The molecule has 0 aliphatic heterocycles. The van der Waals surface area contributed by atoms with Crippen molar-refractivity contribution in [3.8, 4) is 57.5 Å². The van der Waals surface area contributed by atoms with Gasteiger partial charge in [0.05, 0.1) is 78.1 Å². The van der Waals surface area contributed by atoms with E-state index >= 15 is 0 Å². The molecule has 8 aromatic carbocycles. The van der Waals surface area contributed by atoms with Gasteiger partial charge < -0.3 is 62.9 Å². The Morgan fingerprint density at radius 3 is 0.813 bits per heavy atom. The molecule has 0 fully saturated rings. The molecular weight excluding hydrogens is 1320 g/mol. The molecule has 0 aromatic heterocycles. The van der Waals surface area contributed by atoms with Gasteiger partial charge in [-0.2, -0.15) is 8.42 Å². The number of aromatic hydroxyl groups is 5. The van der Waals surface area contributed by atoms with Crippen LogP contribution in [0.2, 0.25) is 0 Å². The first-order chi connectivity index (χ1) is 40.7. The standard InChI is InChI=1S/C15H14O11S2.2C14H12O6S.C14H12O3.4Na.H/c1-25-11-5-9(16)7(3-13(11)27(19,20)21)15(18)8-4-14(28(22,23)24)12(26-2)6-10(8)17;2*1-20-12-8-11(15)10(7-13(12)21(17,18)19)14(16)9-5-3-2-4-6-9;1-17-11-7-8-12(13(15)9-11)14(16)10-5-3-2-4-6-10;;;;;/h3-6,16-17H,1-2H3,(H,19,20,21)(H,22,23,24);2*2-8,15H,1H3,(H,17,18,19);2-9,15H,1H3;;;;;/q;;;;;3*+1;/p-3. The van der Waals surface area contributed by atoms with Crippen molar-refractivity contribution in [2.45, 2.75) is 19.6 Å². The van der Waals surface area contributed by atoms with Gasteiger partial charge in [0.15, 0.2) is 17.3 Å². The van der Waals surface area contributed by atoms with E-state index in [1.807, 2.05) is 6.07 Å². The summed E-state index contributed by atoms with van der Waals surface area (Å²) in [7, 11) is -13.8. The zero-order valence-corrected chi connectivity index (χ0v) is 57.8. The number of phenolic OH excluding ortho intramolecular Hbond substituents is 5. The summed E-state index contributed by atoms with van der Waals surface area (Å²) in [5, 5.41) is 49.4. The molecule has 0 aliphatic rings. The zero-order chi connectivity index (χ0) is 64.9. The minimum atomic E-state index is -5.12. The van der Waals surface area contributed by atoms with Crippen LogP contribution in [0.15, 0.2) is 177 Å². The van der Waals surface area contributed by atoms with Crippen LogP contribution in [0, 0.1) is 0 Å². The van der Waals surface area contributed by atoms with E-state index in [-0.39, 0.29) is 169 Å². The van der Waals surface area contributed by atoms with E-state index in [0.29, 0.717) is 35.6 Å². The molecule has 6 N–H and O–H groups in total. The van der Waals surface area contributed by atoms with Gasteiger partial charge in [-0.1, -0.05) is 91.0 Å². The van der Waals surface area contributed by atoms with Crippen molar-refractivity contribution in [3.05, 3.63) is 202 Å². The molecule has 0 spiro atoms. The van der Waals surface area contributed by atoms with Crippen LogP contribution in [0.1, 0.15) is 63.7 Å². The van der Waals surface area contributed by atoms with Gasteiger partial charge in [-0.3, -0.25) is 23.7 Å². The molecule has 460 valence electrons. The average molecular weight is 1370 g/mol. The van der Waals surface area contributed by atoms with Gasteiger partial charge >= 0.3 is 118 Å². The van der Waals surface area contributed by atoms with Crippen LogP contribution in [0.5, 0.6) is 57.5 Å². The van der Waals surface area contributed by atoms with Crippen molar-refractivity contribution in [1.29, 1.82) is 0 Å². The Kier molecular flexibility index (Phi) is 32.8. The van der Waals surface area contributed by atoms with Crippen LogP contribution < -0.4 is 112 Å². The molecule has 0 saturated heterocycles. The van der Waals surface area contributed by atoms with E-state index in [4.69, 9.17) is 18.8 Å². The van der Waals surface area contributed by atoms with E-state index in [0.717, 1.165) is 45.6 Å². The summed E-state index contributed by atoms with van der Waals surface area (Å²) in [6.07, 6.45) is 0. The molecule has 0 heterocycles. The Balaban J connectivity index is 0.000000606. The van der Waals surface area contributed by atoms with Gasteiger partial charge in [0.2, 0.25) is 5.78 Å². The SMILES string of the molecule is COc1cc(O)c(C(=O)c2cc(S(=O)(=O)[O-])c(OC)cc2O)cc1S(=O)(=O)[O-].COc1cc(O)c(C(=O)c2ccccc2)cc1S(=O)(=O)O.COc1cc(O)c(C(=O)c2ccccc2)cc1S(=O)(=O)[O-].COc1ccc(C(=O)c2ccccc2)c(O)c1.[Na+].[Na+].[Na+].[NaH]. The Bertz CT molecular complexity index is 4160. The van der Waals surface area contributed by atoms with Crippen LogP contribution in [-0.2, 0) is 40.5 Å². The van der Waals surface area contributed by atoms with Crippen molar-refractivity contribution in [2.24, 2.45) is 0 Å². The molecule has 34 heteroatoms. The van der Waals surface area contributed by atoms with Gasteiger partial charge in [0.1, 0.15) is 92.7 Å². The van der Waals surface area contributed by atoms with E-state index in [9.17, 15) is 92.0 Å². The van der Waals surface area contributed by atoms with Crippen LogP contribution >= 0.6 is 0 Å². The summed E-state index contributed by atoms with van der Waals surface area (Å²) in [6.45, 7) is 0. The topological polar surface area (TPSA) is 442 Å². The van der Waals surface area contributed by atoms with Crippen molar-refractivity contribution >= 4 is 93.2 Å². The number of carbonyl (C=O) groups is 4. The van der Waals surface area contributed by atoms with E-state index < -0.39 is 123 Å². The van der Waals surface area contributed by atoms with Crippen LogP contribution in [0.3, 0.4) is 0 Å². The summed E-state index contributed by atoms with van der Waals surface area (Å²) >= 11 is 0. The molecule has 8 aromatic rings. The fourth-order valence-corrected chi connectivity index (χ4v) is 10.2. The fraction of sp³-hybridized carbons (Fsp3) is 0.0877. The first-order valence-electron chi connectivity index (χ1n) is 23.9. The Labute approximate surface area is 609 Å². The number of ketones is 4. The molecule has 0 bridgehead atoms. The third-order valence-corrected chi connectivity index (χ3v) is 15.2. The van der Waals surface area contributed by atoms with Crippen LogP contribution in [-0.4, -0.2) is 166 Å². The van der Waals surface area contributed by atoms with E-state index in [1.165, 1.54) is 44.6 Å². The zero-order valence-electron chi connectivity index (χ0n) is 48.5. The molecule has 8 rings (SSSR count). The molecule has 91 heavy (non-hydrogen) atoms. The molecule has 0 unspecified atom stereocenters. The van der Waals surface area contributed by atoms with Crippen molar-refractivity contribution < 1.29 is 209 Å². The van der Waals surface area contributed by atoms with E-state index in [1.54, 1.807) is 72.8 Å². The van der Waals surface area contributed by atoms with Gasteiger partial charge in [-0.25, -0.2) is 25.3 Å². The molecule has 0 radical (unpaired) electrons. The van der Waals surface area contributed by atoms with Crippen LogP contribution in [0.25, 0.3) is 0 Å². The van der Waals surface area contributed by atoms with Gasteiger partial charge in [-0.15, -0.1) is 0 Å². The summed E-state index contributed by atoms with van der Waals surface area (Å²) in [4.78, 5) is 46.0. The normalized spacial score (nSPS) is 10.6. The maximum absolute atomic E-state index is 12.7. The average Bonchev–Trinajstić information content (AvgIpc) is 1.52. The van der Waals surface area contributed by atoms with Gasteiger partial charge in [-0.05, 0) is 36.4 Å². The number of hydrogen-bond acceptors (Lipinski definition) is 25. The summed E-state index contributed by atoms with van der Waals surface area (Å²) in [6, 6.07) is 35.5. The summed E-state index contributed by atoms with van der Waals surface area (Å²) < 4.78 is 157. The number of rotatable bonds is 17. The maximum atomic E-state index is 12.7. The first-order valence-corrected chi connectivity index (χ1v) is 29.6. The third-order valence-electron chi connectivity index (χ3n) is 11.7. The predicted molar refractivity (Wildman–Crippen MR) is 307 cm³/mol. The summed E-state index contributed by atoms with van der Waals surface area (Å²) in [5.74, 6) is -6.37. The summed E-state index contributed by atoms with van der Waals surface area (Å²) in [5.41, 5.74) is -0.683. The van der Waals surface area contributed by atoms with Crippen molar-refractivity contribution in [3.63, 3.8) is 0 Å². The number of ether oxygens (including phenoxy) is 5. The predicted octanol–water partition coefficient (Wildman–Crippen LogP) is -3.44. The second-order valence-corrected chi connectivity index (χ2v) is 22.7. The molecule has 0 amide bonds. The van der Waals surface area contributed by atoms with Gasteiger partial charge in [0, 0.05) is 47.0 Å². The monoisotopic (exact) mass is 1370 g/mol. The Morgan fingerprint density at radius 2 is 0.571 bits per heavy atom. The number of benzene rings is 8. The minimum absolute atomic E-state index is 0. The first kappa shape index (κ1) is 83.1. The molecule has 0 atom stereocenters. The second-order valence-electron chi connectivity index (χ2n) is 17.2. The number of phenols is 5. The number of carbonyl (C=O) groups excluding carboxylic acids is 4. The quantitative estimate of drug-likeness (QED) is 0.0293. The van der Waals surface area contributed by atoms with Gasteiger partial charge in [0.25, 0.3) is 10.1 Å². The molecule has 26 nitrogen and oxygen atoms in total. The Hall–Kier alpha value is -5.92. The van der Waals surface area contributed by atoms with E-state index in [2.05, 4.69) is 9.47 Å². The van der Waals surface area contributed by atoms with Crippen molar-refractivity contribution in [1.82, 2.24) is 0 Å². The number of hydrogen-bond donors (Lipinski definition) is 6. The Morgan fingerprint density at radius 1 is 0.330 bits per heavy atom. The fourth-order valence-electron chi connectivity index (χ4n) is 7.56.